The van der Waals surface area contributed by atoms with E-state index >= 15 is 0 Å². The molecule has 1 N–H and O–H groups in total. The van der Waals surface area contributed by atoms with Gasteiger partial charge in [0.1, 0.15) is 0 Å². The van der Waals surface area contributed by atoms with Gasteiger partial charge in [-0.2, -0.15) is 0 Å². The molecule has 4 aliphatic carbocycles. The summed E-state index contributed by atoms with van der Waals surface area (Å²) >= 11 is 0. The van der Waals surface area contributed by atoms with Gasteiger partial charge in [0.25, 0.3) is 0 Å². The second kappa shape index (κ2) is 5.19. The van der Waals surface area contributed by atoms with Crippen LogP contribution in [0.4, 0.5) is 0 Å². The van der Waals surface area contributed by atoms with E-state index in [9.17, 15) is 4.79 Å². The van der Waals surface area contributed by atoms with Crippen LogP contribution in [0.2, 0.25) is 0 Å². The van der Waals surface area contributed by atoms with E-state index in [1.54, 1.807) is 0 Å². The minimum absolute atomic E-state index is 0.0704. The number of Topliss-reactive ketones (excluding diaryl/α,β-unsaturated/α-hetero) is 1. The van der Waals surface area contributed by atoms with Gasteiger partial charge in [-0.3, -0.25) is 4.79 Å². The number of aryl methyl sites for hydroxylation is 1. The number of carbonyl (C=O) groups is 1. The minimum Gasteiger partial charge on any atom is -0.302 e. The fourth-order valence-corrected chi connectivity index (χ4v) is 5.78. The summed E-state index contributed by atoms with van der Waals surface area (Å²) in [6.45, 7) is 4.12. The van der Waals surface area contributed by atoms with Crippen LogP contribution in [0.25, 0.3) is 0 Å². The van der Waals surface area contributed by atoms with Gasteiger partial charge in [-0.05, 0) is 70.1 Å². The zero-order valence-electron chi connectivity index (χ0n) is 13.8. The summed E-state index contributed by atoms with van der Waals surface area (Å²) in [6, 6.07) is 7.93. The molecule has 0 saturated heterocycles. The van der Waals surface area contributed by atoms with Crippen molar-refractivity contribution in [1.29, 1.82) is 0 Å². The number of benzene rings is 1. The van der Waals surface area contributed by atoms with Crippen LogP contribution in [-0.4, -0.2) is 17.4 Å². The Morgan fingerprint density at radius 2 is 1.55 bits per heavy atom. The molecule has 22 heavy (non-hydrogen) atoms. The third kappa shape index (κ3) is 2.52. The first kappa shape index (κ1) is 14.4. The van der Waals surface area contributed by atoms with Crippen LogP contribution >= 0.6 is 0 Å². The third-order valence-electron chi connectivity index (χ3n) is 6.29. The average molecular weight is 297 g/mol. The number of nitrogens with one attached hydrogen (secondary N) is 1. The average Bonchev–Trinajstić information content (AvgIpc) is 2.45. The monoisotopic (exact) mass is 297 g/mol. The van der Waals surface area contributed by atoms with Crippen LogP contribution in [0.15, 0.2) is 24.3 Å². The Balaban J connectivity index is 1.48. The molecule has 0 aromatic heterocycles. The second-order valence-corrected chi connectivity index (χ2v) is 8.29. The van der Waals surface area contributed by atoms with Gasteiger partial charge in [0.05, 0.1) is 6.04 Å². The van der Waals surface area contributed by atoms with E-state index < -0.39 is 0 Å². The lowest BCUT2D eigenvalue weighted by molar-refractivity contribution is -0.0231. The van der Waals surface area contributed by atoms with Crippen molar-refractivity contribution in [2.75, 3.05) is 0 Å². The molecule has 4 fully saturated rings. The summed E-state index contributed by atoms with van der Waals surface area (Å²) in [5.41, 5.74) is 2.31. The Morgan fingerprint density at radius 1 is 1.05 bits per heavy atom. The molecule has 0 amide bonds. The van der Waals surface area contributed by atoms with E-state index in [4.69, 9.17) is 0 Å². The summed E-state index contributed by atoms with van der Waals surface area (Å²) in [6.07, 6.45) is 8.23. The normalized spacial score (nSPS) is 37.3. The van der Waals surface area contributed by atoms with Crippen LogP contribution in [0.3, 0.4) is 0 Å². The molecule has 118 valence electrons. The molecule has 2 heteroatoms. The molecule has 0 heterocycles. The first-order chi connectivity index (χ1) is 10.5. The number of rotatable bonds is 4. The van der Waals surface area contributed by atoms with E-state index in [1.807, 2.05) is 24.3 Å². The summed E-state index contributed by atoms with van der Waals surface area (Å²) in [5, 5.41) is 3.79. The molecule has 4 aliphatic rings. The Morgan fingerprint density at radius 3 is 2.05 bits per heavy atom. The highest BCUT2D eigenvalue weighted by Gasteiger charge is 2.51. The number of hydrogen-bond donors (Lipinski definition) is 1. The first-order valence-electron chi connectivity index (χ1n) is 8.92. The van der Waals surface area contributed by atoms with Crippen molar-refractivity contribution in [2.24, 2.45) is 17.8 Å². The van der Waals surface area contributed by atoms with Crippen molar-refractivity contribution >= 4 is 5.78 Å². The summed E-state index contributed by atoms with van der Waals surface area (Å²) in [5.74, 6) is 3.00. The van der Waals surface area contributed by atoms with Gasteiger partial charge in [0.2, 0.25) is 0 Å². The fourth-order valence-electron chi connectivity index (χ4n) is 5.78. The summed E-state index contributed by atoms with van der Waals surface area (Å²) in [4.78, 5) is 12.7. The first-order valence-corrected chi connectivity index (χ1v) is 8.92. The van der Waals surface area contributed by atoms with Crippen molar-refractivity contribution < 1.29 is 4.79 Å². The zero-order valence-corrected chi connectivity index (χ0v) is 13.8. The predicted octanol–water partition coefficient (Wildman–Crippen LogP) is 4.12. The quantitative estimate of drug-likeness (QED) is 0.847. The van der Waals surface area contributed by atoms with Crippen LogP contribution in [0, 0.1) is 24.7 Å². The maximum Gasteiger partial charge on any atom is 0.179 e. The van der Waals surface area contributed by atoms with Gasteiger partial charge in [0.15, 0.2) is 5.78 Å². The predicted molar refractivity (Wildman–Crippen MR) is 89.0 cm³/mol. The maximum absolute atomic E-state index is 12.7. The van der Waals surface area contributed by atoms with Gasteiger partial charge in [-0.15, -0.1) is 0 Å². The van der Waals surface area contributed by atoms with Crippen LogP contribution in [-0.2, 0) is 0 Å². The number of carbonyl (C=O) groups excluding carboxylic acids is 1. The lowest BCUT2D eigenvalue weighted by Crippen LogP contribution is -2.61. The largest absolute Gasteiger partial charge is 0.302 e. The lowest BCUT2D eigenvalue weighted by Gasteiger charge is -2.57. The van der Waals surface area contributed by atoms with Gasteiger partial charge < -0.3 is 5.32 Å². The highest BCUT2D eigenvalue weighted by Crippen LogP contribution is 2.55. The maximum atomic E-state index is 12.7. The molecule has 0 spiro atoms. The van der Waals surface area contributed by atoms with Crippen LogP contribution in [0.1, 0.15) is 61.4 Å². The van der Waals surface area contributed by atoms with Gasteiger partial charge in [-0.1, -0.05) is 29.8 Å². The Hall–Kier alpha value is -1.15. The summed E-state index contributed by atoms with van der Waals surface area (Å²) in [7, 11) is 0. The molecule has 5 rings (SSSR count). The van der Waals surface area contributed by atoms with Crippen LogP contribution in [0.5, 0.6) is 0 Å². The lowest BCUT2D eigenvalue weighted by atomic mass is 9.53. The standard InChI is InChI=1S/C20H27NO/c1-13-3-5-18(6-4-13)19(22)14(2)21-20-10-15-7-16(11-20)9-17(8-15)12-20/h3-6,14-17,21H,7-12H2,1-2H3. The molecule has 4 saturated carbocycles. The smallest absolute Gasteiger partial charge is 0.179 e. The molecule has 0 aliphatic heterocycles. The van der Waals surface area contributed by atoms with E-state index in [-0.39, 0.29) is 17.4 Å². The minimum atomic E-state index is -0.0704. The van der Waals surface area contributed by atoms with Crippen molar-refractivity contribution in [3.63, 3.8) is 0 Å². The third-order valence-corrected chi connectivity index (χ3v) is 6.29. The Kier molecular flexibility index (Phi) is 3.41. The molecular formula is C20H27NO. The SMILES string of the molecule is Cc1ccc(C(=O)C(C)NC23CC4CC(CC(C4)C2)C3)cc1. The molecule has 1 aromatic rings. The molecule has 1 atom stereocenters. The molecule has 1 aromatic carbocycles. The Labute approximate surface area is 133 Å². The van der Waals surface area contributed by atoms with Crippen molar-refractivity contribution in [3.05, 3.63) is 35.4 Å². The van der Waals surface area contributed by atoms with Gasteiger partial charge in [0, 0.05) is 11.1 Å². The van der Waals surface area contributed by atoms with Crippen molar-refractivity contribution in [3.8, 4) is 0 Å². The van der Waals surface area contributed by atoms with E-state index in [0.29, 0.717) is 0 Å². The molecule has 2 nitrogen and oxygen atoms in total. The molecule has 0 radical (unpaired) electrons. The van der Waals surface area contributed by atoms with Crippen molar-refractivity contribution in [2.45, 2.75) is 64.0 Å². The highest BCUT2D eigenvalue weighted by molar-refractivity contribution is 5.99. The topological polar surface area (TPSA) is 29.1 Å². The van der Waals surface area contributed by atoms with Gasteiger partial charge >= 0.3 is 0 Å². The van der Waals surface area contributed by atoms with Crippen molar-refractivity contribution in [1.82, 2.24) is 5.32 Å². The van der Waals surface area contributed by atoms with E-state index in [0.717, 1.165) is 23.3 Å². The zero-order chi connectivity index (χ0) is 15.3. The molecule has 1 unspecified atom stereocenters. The second-order valence-electron chi connectivity index (χ2n) is 8.29. The van der Waals surface area contributed by atoms with E-state index in [1.165, 1.54) is 44.1 Å². The Bertz CT molecular complexity index is 539. The van der Waals surface area contributed by atoms with E-state index in [2.05, 4.69) is 19.2 Å². The van der Waals surface area contributed by atoms with Gasteiger partial charge in [-0.25, -0.2) is 0 Å². The molecule has 4 bridgehead atoms. The summed E-state index contributed by atoms with van der Waals surface area (Å²) < 4.78 is 0. The number of ketones is 1. The fraction of sp³-hybridized carbons (Fsp3) is 0.650. The number of hydrogen-bond acceptors (Lipinski definition) is 2. The van der Waals surface area contributed by atoms with Crippen LogP contribution < -0.4 is 5.32 Å². The molecular weight excluding hydrogens is 270 g/mol. The highest BCUT2D eigenvalue weighted by atomic mass is 16.1.